The van der Waals surface area contributed by atoms with E-state index in [4.69, 9.17) is 27.5 Å². The lowest BCUT2D eigenvalue weighted by Gasteiger charge is -2.24. The fraction of sp³-hybridized carbons (Fsp3) is 0.647. The molecule has 1 fully saturated rings. The van der Waals surface area contributed by atoms with Gasteiger partial charge in [0.05, 0.1) is 13.2 Å². The number of epoxide rings is 1. The molecule has 0 N–H and O–H groups in total. The Morgan fingerprint density at radius 3 is 1.85 bits per heavy atom. The molecule has 1 rings (SSSR count). The van der Waals surface area contributed by atoms with E-state index in [2.05, 4.69) is 13.2 Å². The van der Waals surface area contributed by atoms with Crippen LogP contribution in [0, 0.1) is 0 Å². The lowest BCUT2D eigenvalue weighted by atomic mass is 10.4. The van der Waals surface area contributed by atoms with Gasteiger partial charge in [-0.25, -0.2) is 9.59 Å². The van der Waals surface area contributed by atoms with E-state index in [-0.39, 0.29) is 18.0 Å². The molecule has 1 atom stereocenters. The Bertz CT molecular complexity index is 475. The van der Waals surface area contributed by atoms with Crippen molar-refractivity contribution < 1.29 is 37.1 Å². The number of ether oxygens (including phenoxy) is 3. The van der Waals surface area contributed by atoms with E-state index < -0.39 is 8.80 Å². The zero-order valence-electron chi connectivity index (χ0n) is 16.3. The van der Waals surface area contributed by atoms with Crippen molar-refractivity contribution in [2.45, 2.75) is 32.4 Å². The molecule has 1 heterocycles. The Hall–Kier alpha value is -1.52. The van der Waals surface area contributed by atoms with Gasteiger partial charge in [-0.1, -0.05) is 13.2 Å². The van der Waals surface area contributed by atoms with Crippen LogP contribution >= 0.6 is 0 Å². The van der Waals surface area contributed by atoms with Crippen molar-refractivity contribution in [2.75, 3.05) is 41.2 Å². The average molecular weight is 391 g/mol. The first-order chi connectivity index (χ1) is 12.2. The molecule has 0 aliphatic carbocycles. The van der Waals surface area contributed by atoms with Crippen molar-refractivity contribution in [1.29, 1.82) is 0 Å². The van der Waals surface area contributed by atoms with Gasteiger partial charge in [0, 0.05) is 38.5 Å². The molecule has 1 aliphatic rings. The smallest absolute Gasteiger partial charge is 0.462 e. The van der Waals surface area contributed by atoms with Crippen molar-refractivity contribution in [2.24, 2.45) is 0 Å². The van der Waals surface area contributed by atoms with Gasteiger partial charge in [0.15, 0.2) is 0 Å². The molecule has 9 heteroatoms. The zero-order chi connectivity index (χ0) is 20.2. The summed E-state index contributed by atoms with van der Waals surface area (Å²) in [6.07, 6.45) is 0.782. The Balaban J connectivity index is 0.000000531. The summed E-state index contributed by atoms with van der Waals surface area (Å²) in [5, 5.41) is 0. The third-order valence-electron chi connectivity index (χ3n) is 3.29. The van der Waals surface area contributed by atoms with Gasteiger partial charge in [0.1, 0.15) is 12.7 Å². The molecule has 0 aromatic rings. The van der Waals surface area contributed by atoms with Crippen LogP contribution in [0.25, 0.3) is 0 Å². The predicted molar refractivity (Wildman–Crippen MR) is 97.5 cm³/mol. The monoisotopic (exact) mass is 390 g/mol. The highest BCUT2D eigenvalue weighted by Gasteiger charge is 2.37. The van der Waals surface area contributed by atoms with E-state index in [0.29, 0.717) is 43.4 Å². The van der Waals surface area contributed by atoms with Crippen LogP contribution in [-0.4, -0.2) is 68.0 Å². The minimum atomic E-state index is -2.53. The van der Waals surface area contributed by atoms with Crippen LogP contribution in [0.15, 0.2) is 24.3 Å². The van der Waals surface area contributed by atoms with Crippen LogP contribution in [0.4, 0.5) is 0 Å². The summed E-state index contributed by atoms with van der Waals surface area (Å²) in [5.41, 5.74) is 0.828. The molecule has 1 saturated heterocycles. The highest BCUT2D eigenvalue weighted by Crippen LogP contribution is 2.15. The SMILES string of the molecule is C=C(C)C(=O)OCC1CO1.C=C(C)C(=O)OCCC[Si](OC)(OC)OC. The van der Waals surface area contributed by atoms with Crippen LogP contribution < -0.4 is 0 Å². The topological polar surface area (TPSA) is 92.8 Å². The fourth-order valence-electron chi connectivity index (χ4n) is 1.59. The number of hydrogen-bond acceptors (Lipinski definition) is 8. The second kappa shape index (κ2) is 12.8. The van der Waals surface area contributed by atoms with Crippen LogP contribution in [0.5, 0.6) is 0 Å². The highest BCUT2D eigenvalue weighted by molar-refractivity contribution is 6.60. The first kappa shape index (κ1) is 24.5. The maximum absolute atomic E-state index is 11.1. The quantitative estimate of drug-likeness (QED) is 0.174. The van der Waals surface area contributed by atoms with E-state index >= 15 is 0 Å². The molecule has 1 unspecified atom stereocenters. The number of carbonyl (C=O) groups is 2. The Kier molecular flexibility index (Phi) is 12.0. The van der Waals surface area contributed by atoms with Gasteiger partial charge in [0.2, 0.25) is 0 Å². The second-order valence-corrected chi connectivity index (χ2v) is 8.74. The first-order valence-electron chi connectivity index (χ1n) is 8.13. The Morgan fingerprint density at radius 2 is 1.46 bits per heavy atom. The summed E-state index contributed by atoms with van der Waals surface area (Å²) in [4.78, 5) is 21.8. The molecule has 0 saturated carbocycles. The lowest BCUT2D eigenvalue weighted by Crippen LogP contribution is -2.42. The lowest BCUT2D eigenvalue weighted by molar-refractivity contribution is -0.140. The molecule has 0 amide bonds. The molecule has 0 aromatic carbocycles. The second-order valence-electron chi connectivity index (χ2n) is 5.65. The van der Waals surface area contributed by atoms with Crippen molar-refractivity contribution in [3.05, 3.63) is 24.3 Å². The third-order valence-corrected chi connectivity index (χ3v) is 6.13. The summed E-state index contributed by atoms with van der Waals surface area (Å²) in [7, 11) is 2.13. The maximum Gasteiger partial charge on any atom is 0.500 e. The summed E-state index contributed by atoms with van der Waals surface area (Å²) < 4.78 is 30.2. The molecule has 0 aromatic heterocycles. The Labute approximate surface area is 156 Å². The van der Waals surface area contributed by atoms with Gasteiger partial charge in [-0.15, -0.1) is 0 Å². The molecule has 0 bridgehead atoms. The van der Waals surface area contributed by atoms with Crippen molar-refractivity contribution >= 4 is 20.7 Å². The normalized spacial score (nSPS) is 15.3. The van der Waals surface area contributed by atoms with Crippen molar-refractivity contribution in [3.63, 3.8) is 0 Å². The van der Waals surface area contributed by atoms with Gasteiger partial charge in [-0.2, -0.15) is 0 Å². The van der Waals surface area contributed by atoms with Crippen molar-refractivity contribution in [1.82, 2.24) is 0 Å². The molecular formula is C17H30O8Si. The van der Waals surface area contributed by atoms with E-state index in [1.54, 1.807) is 35.2 Å². The molecule has 150 valence electrons. The van der Waals surface area contributed by atoms with E-state index in [1.165, 1.54) is 0 Å². The van der Waals surface area contributed by atoms with E-state index in [9.17, 15) is 9.59 Å². The van der Waals surface area contributed by atoms with Crippen LogP contribution in [0.3, 0.4) is 0 Å². The molecule has 8 nitrogen and oxygen atoms in total. The minimum Gasteiger partial charge on any atom is -0.462 e. The van der Waals surface area contributed by atoms with Gasteiger partial charge in [-0.05, 0) is 20.3 Å². The molecule has 0 radical (unpaired) electrons. The van der Waals surface area contributed by atoms with Crippen LogP contribution in [-0.2, 0) is 37.1 Å². The molecule has 26 heavy (non-hydrogen) atoms. The minimum absolute atomic E-state index is 0.142. The summed E-state index contributed by atoms with van der Waals surface area (Å²) >= 11 is 0. The predicted octanol–water partition coefficient (Wildman–Crippen LogP) is 1.88. The number of rotatable bonds is 11. The number of carbonyl (C=O) groups excluding carboxylic acids is 2. The average Bonchev–Trinajstić information content (AvgIpc) is 3.45. The number of hydrogen-bond donors (Lipinski definition) is 0. The number of esters is 2. The Morgan fingerprint density at radius 1 is 1.00 bits per heavy atom. The summed E-state index contributed by atoms with van der Waals surface area (Å²) in [6.45, 7) is 11.6. The molecular weight excluding hydrogens is 360 g/mol. The maximum atomic E-state index is 11.1. The fourth-order valence-corrected chi connectivity index (χ4v) is 3.28. The van der Waals surface area contributed by atoms with E-state index in [1.807, 2.05) is 0 Å². The third kappa shape index (κ3) is 10.5. The van der Waals surface area contributed by atoms with Gasteiger partial charge in [0.25, 0.3) is 0 Å². The molecule has 1 aliphatic heterocycles. The van der Waals surface area contributed by atoms with E-state index in [0.717, 1.165) is 0 Å². The summed E-state index contributed by atoms with van der Waals surface area (Å²) in [5.74, 6) is -0.713. The van der Waals surface area contributed by atoms with Crippen LogP contribution in [0.2, 0.25) is 6.04 Å². The first-order valence-corrected chi connectivity index (χ1v) is 10.1. The standard InChI is InChI=1S/C10H20O5Si.C7H10O3/c1-9(2)10(11)15-7-6-8-16(12-3,13-4)14-5;1-5(2)7(8)10-4-6-3-9-6/h1,6-8H2,2-5H3;6H,1,3-4H2,2H3. The van der Waals surface area contributed by atoms with Crippen LogP contribution in [0.1, 0.15) is 20.3 Å². The highest BCUT2D eigenvalue weighted by atomic mass is 28.4. The summed E-state index contributed by atoms with van der Waals surface area (Å²) in [6, 6.07) is 0.611. The zero-order valence-corrected chi connectivity index (χ0v) is 17.3. The van der Waals surface area contributed by atoms with Gasteiger partial charge in [-0.3, -0.25) is 0 Å². The van der Waals surface area contributed by atoms with Crippen molar-refractivity contribution in [3.8, 4) is 0 Å². The van der Waals surface area contributed by atoms with Gasteiger partial charge < -0.3 is 27.5 Å². The molecule has 0 spiro atoms. The van der Waals surface area contributed by atoms with Gasteiger partial charge >= 0.3 is 20.7 Å². The largest absolute Gasteiger partial charge is 0.500 e.